The molecule has 0 fully saturated rings. The number of carbonyl (C=O) groups is 2. The van der Waals surface area contributed by atoms with Gasteiger partial charge >= 0.3 is 11.8 Å². The van der Waals surface area contributed by atoms with E-state index in [1.165, 1.54) is 0 Å². The Morgan fingerprint density at radius 3 is 2.54 bits per heavy atom. The maximum Gasteiger partial charge on any atom is 0.309 e. The molecule has 6 nitrogen and oxygen atoms in total. The van der Waals surface area contributed by atoms with Crippen molar-refractivity contribution in [2.75, 3.05) is 19.7 Å². The molecule has 0 bridgehead atoms. The third-order valence-electron chi connectivity index (χ3n) is 1.29. The SMILES string of the molecule is C[C@H](CO)NC(=O)C(=O)NCCN. The van der Waals surface area contributed by atoms with Gasteiger partial charge in [0.1, 0.15) is 0 Å². The van der Waals surface area contributed by atoms with Crippen molar-refractivity contribution in [3.8, 4) is 0 Å². The smallest absolute Gasteiger partial charge is 0.309 e. The van der Waals surface area contributed by atoms with E-state index in [2.05, 4.69) is 10.6 Å². The van der Waals surface area contributed by atoms with Gasteiger partial charge in [-0.15, -0.1) is 0 Å². The normalized spacial score (nSPS) is 11.9. The van der Waals surface area contributed by atoms with E-state index in [1.54, 1.807) is 6.92 Å². The van der Waals surface area contributed by atoms with Crippen molar-refractivity contribution >= 4 is 11.8 Å². The summed E-state index contributed by atoms with van der Waals surface area (Å²) in [5, 5.41) is 13.2. The molecule has 0 aliphatic heterocycles. The molecule has 2 amide bonds. The molecular weight excluding hydrogens is 174 g/mol. The molecule has 0 heterocycles. The maximum atomic E-state index is 10.9. The van der Waals surface area contributed by atoms with Crippen LogP contribution in [0.1, 0.15) is 6.92 Å². The summed E-state index contributed by atoms with van der Waals surface area (Å²) in [6.07, 6.45) is 0. The van der Waals surface area contributed by atoms with Crippen LogP contribution in [0, 0.1) is 0 Å². The summed E-state index contributed by atoms with van der Waals surface area (Å²) >= 11 is 0. The third kappa shape index (κ3) is 5.15. The lowest BCUT2D eigenvalue weighted by Crippen LogP contribution is -2.45. The molecular formula is C7H15N3O3. The Morgan fingerprint density at radius 1 is 1.46 bits per heavy atom. The van der Waals surface area contributed by atoms with Crippen LogP contribution in [-0.2, 0) is 9.59 Å². The minimum atomic E-state index is -0.755. The van der Waals surface area contributed by atoms with Gasteiger partial charge in [0, 0.05) is 19.1 Å². The van der Waals surface area contributed by atoms with E-state index in [0.717, 1.165) is 0 Å². The Bertz CT molecular complexity index is 184. The minimum absolute atomic E-state index is 0.199. The van der Waals surface area contributed by atoms with Crippen molar-refractivity contribution in [2.24, 2.45) is 5.73 Å². The zero-order valence-electron chi connectivity index (χ0n) is 7.54. The molecule has 0 spiro atoms. The highest BCUT2D eigenvalue weighted by molar-refractivity contribution is 6.35. The second kappa shape index (κ2) is 6.38. The van der Waals surface area contributed by atoms with Crippen LogP contribution < -0.4 is 16.4 Å². The fourth-order valence-corrected chi connectivity index (χ4v) is 0.601. The average molecular weight is 189 g/mol. The third-order valence-corrected chi connectivity index (χ3v) is 1.29. The molecule has 0 saturated carbocycles. The monoisotopic (exact) mass is 189 g/mol. The van der Waals surface area contributed by atoms with Crippen molar-refractivity contribution in [3.05, 3.63) is 0 Å². The largest absolute Gasteiger partial charge is 0.394 e. The van der Waals surface area contributed by atoms with Crippen LogP contribution in [0.15, 0.2) is 0 Å². The summed E-state index contributed by atoms with van der Waals surface area (Å²) in [5.41, 5.74) is 5.12. The molecule has 0 aliphatic rings. The van der Waals surface area contributed by atoms with Crippen LogP contribution in [0.25, 0.3) is 0 Å². The first-order chi connectivity index (χ1) is 6.11. The van der Waals surface area contributed by atoms with Gasteiger partial charge in [-0.1, -0.05) is 0 Å². The minimum Gasteiger partial charge on any atom is -0.394 e. The number of amides is 2. The predicted molar refractivity (Wildman–Crippen MR) is 46.8 cm³/mol. The van der Waals surface area contributed by atoms with E-state index in [1.807, 2.05) is 0 Å². The van der Waals surface area contributed by atoms with Crippen molar-refractivity contribution in [3.63, 3.8) is 0 Å². The Morgan fingerprint density at radius 2 is 2.08 bits per heavy atom. The summed E-state index contributed by atoms with van der Waals surface area (Å²) in [6, 6.07) is -0.420. The van der Waals surface area contributed by atoms with Gasteiger partial charge in [-0.2, -0.15) is 0 Å². The van der Waals surface area contributed by atoms with Gasteiger partial charge in [0.15, 0.2) is 0 Å². The van der Waals surface area contributed by atoms with Gasteiger partial charge in [-0.05, 0) is 6.92 Å². The molecule has 76 valence electrons. The first-order valence-electron chi connectivity index (χ1n) is 4.01. The molecule has 5 N–H and O–H groups in total. The summed E-state index contributed by atoms with van der Waals surface area (Å²) in [7, 11) is 0. The van der Waals surface area contributed by atoms with E-state index < -0.39 is 17.9 Å². The highest BCUT2D eigenvalue weighted by Gasteiger charge is 2.14. The van der Waals surface area contributed by atoms with E-state index in [-0.39, 0.29) is 19.7 Å². The molecule has 0 aromatic heterocycles. The van der Waals surface area contributed by atoms with Crippen LogP contribution in [0.3, 0.4) is 0 Å². The average Bonchev–Trinajstić information content (AvgIpc) is 2.13. The second-order valence-electron chi connectivity index (χ2n) is 2.60. The van der Waals surface area contributed by atoms with E-state index in [9.17, 15) is 9.59 Å². The lowest BCUT2D eigenvalue weighted by molar-refractivity contribution is -0.139. The molecule has 0 saturated heterocycles. The molecule has 0 unspecified atom stereocenters. The topological polar surface area (TPSA) is 104 Å². The number of rotatable bonds is 4. The summed E-state index contributed by atoms with van der Waals surface area (Å²) < 4.78 is 0. The van der Waals surface area contributed by atoms with Gasteiger partial charge in [0.25, 0.3) is 0 Å². The maximum absolute atomic E-state index is 10.9. The van der Waals surface area contributed by atoms with Gasteiger partial charge in [0.2, 0.25) is 0 Å². The fourth-order valence-electron chi connectivity index (χ4n) is 0.601. The first kappa shape index (κ1) is 11.9. The Balaban J connectivity index is 3.76. The summed E-state index contributed by atoms with van der Waals surface area (Å²) in [5.74, 6) is -1.49. The number of carbonyl (C=O) groups excluding carboxylic acids is 2. The highest BCUT2D eigenvalue weighted by atomic mass is 16.3. The number of aliphatic hydroxyl groups excluding tert-OH is 1. The molecule has 0 rings (SSSR count). The first-order valence-corrected chi connectivity index (χ1v) is 4.01. The number of hydrogen-bond donors (Lipinski definition) is 4. The number of aliphatic hydroxyl groups is 1. The quantitative estimate of drug-likeness (QED) is 0.369. The standard InChI is InChI=1S/C7H15N3O3/c1-5(4-11)10-7(13)6(12)9-3-2-8/h5,11H,2-4,8H2,1H3,(H,9,12)(H,10,13)/t5-/m1/s1. The van der Waals surface area contributed by atoms with Crippen molar-refractivity contribution in [1.82, 2.24) is 10.6 Å². The highest BCUT2D eigenvalue weighted by Crippen LogP contribution is 1.78. The Kier molecular flexibility index (Phi) is 5.82. The zero-order chi connectivity index (χ0) is 10.3. The second-order valence-corrected chi connectivity index (χ2v) is 2.60. The summed E-state index contributed by atoms with van der Waals surface area (Å²) in [6.45, 7) is 1.94. The molecule has 0 aliphatic carbocycles. The van der Waals surface area contributed by atoms with Crippen molar-refractivity contribution < 1.29 is 14.7 Å². The van der Waals surface area contributed by atoms with Crippen LogP contribution >= 0.6 is 0 Å². The number of hydrogen-bond acceptors (Lipinski definition) is 4. The van der Waals surface area contributed by atoms with Crippen LogP contribution in [0.4, 0.5) is 0 Å². The van der Waals surface area contributed by atoms with Crippen LogP contribution in [-0.4, -0.2) is 42.7 Å². The Labute approximate surface area is 76.5 Å². The van der Waals surface area contributed by atoms with Crippen molar-refractivity contribution in [1.29, 1.82) is 0 Å². The molecule has 0 aromatic rings. The van der Waals surface area contributed by atoms with Gasteiger partial charge in [-0.25, -0.2) is 0 Å². The molecule has 13 heavy (non-hydrogen) atoms. The molecule has 1 atom stereocenters. The Hall–Kier alpha value is -1.14. The molecule has 0 aromatic carbocycles. The van der Waals surface area contributed by atoms with Gasteiger partial charge < -0.3 is 21.5 Å². The van der Waals surface area contributed by atoms with Gasteiger partial charge in [-0.3, -0.25) is 9.59 Å². The van der Waals surface area contributed by atoms with Gasteiger partial charge in [0.05, 0.1) is 6.61 Å². The predicted octanol–water partition coefficient (Wildman–Crippen LogP) is -2.44. The number of nitrogens with one attached hydrogen (secondary N) is 2. The van der Waals surface area contributed by atoms with E-state index >= 15 is 0 Å². The van der Waals surface area contributed by atoms with E-state index in [0.29, 0.717) is 0 Å². The number of nitrogens with two attached hydrogens (primary N) is 1. The fraction of sp³-hybridized carbons (Fsp3) is 0.714. The molecule has 0 radical (unpaired) electrons. The lowest BCUT2D eigenvalue weighted by Gasteiger charge is -2.09. The van der Waals surface area contributed by atoms with Crippen LogP contribution in [0.2, 0.25) is 0 Å². The zero-order valence-corrected chi connectivity index (χ0v) is 7.54. The van der Waals surface area contributed by atoms with Crippen molar-refractivity contribution in [2.45, 2.75) is 13.0 Å². The molecule has 6 heteroatoms. The van der Waals surface area contributed by atoms with Crippen LogP contribution in [0.5, 0.6) is 0 Å². The lowest BCUT2D eigenvalue weighted by atomic mass is 10.3. The van der Waals surface area contributed by atoms with E-state index in [4.69, 9.17) is 10.8 Å². The summed E-state index contributed by atoms with van der Waals surface area (Å²) in [4.78, 5) is 21.8.